The Morgan fingerprint density at radius 1 is 0.941 bits per heavy atom. The molecule has 1 heteroatoms. The summed E-state index contributed by atoms with van der Waals surface area (Å²) in [6, 6.07) is 10.7. The standard InChI is InChI=1S/C16H23P/c1-15(2)11-14(12-16(3,4)17-15)10-13-8-6-5-7-9-13/h5-10,17H,11-12H2,1-4H3. The van der Waals surface area contributed by atoms with E-state index >= 15 is 0 Å². The molecule has 0 amide bonds. The lowest BCUT2D eigenvalue weighted by Crippen LogP contribution is -2.30. The van der Waals surface area contributed by atoms with Crippen LogP contribution in [0.2, 0.25) is 0 Å². The second-order valence-corrected chi connectivity index (χ2v) is 9.42. The average Bonchev–Trinajstić information content (AvgIpc) is 2.13. The van der Waals surface area contributed by atoms with Crippen LogP contribution in [0.4, 0.5) is 0 Å². The van der Waals surface area contributed by atoms with E-state index in [-0.39, 0.29) is 0 Å². The summed E-state index contributed by atoms with van der Waals surface area (Å²) >= 11 is 0. The molecule has 0 spiro atoms. The minimum atomic E-state index is 0.475. The van der Waals surface area contributed by atoms with Crippen LogP contribution in [0, 0.1) is 0 Å². The Kier molecular flexibility index (Phi) is 3.46. The molecule has 1 saturated heterocycles. The summed E-state index contributed by atoms with van der Waals surface area (Å²) in [7, 11) is 1.06. The fraction of sp³-hybridized carbons (Fsp3) is 0.500. The molecule has 0 aliphatic carbocycles. The third-order valence-electron chi connectivity index (χ3n) is 3.19. The van der Waals surface area contributed by atoms with E-state index in [0.717, 1.165) is 8.58 Å². The number of hydrogen-bond acceptors (Lipinski definition) is 0. The molecule has 1 aliphatic rings. The number of hydrogen-bond donors (Lipinski definition) is 0. The van der Waals surface area contributed by atoms with Gasteiger partial charge in [-0.25, -0.2) is 0 Å². The summed E-state index contributed by atoms with van der Waals surface area (Å²) in [5, 5.41) is 0.949. The number of rotatable bonds is 1. The van der Waals surface area contributed by atoms with E-state index in [2.05, 4.69) is 64.1 Å². The lowest BCUT2D eigenvalue weighted by Gasteiger charge is -2.42. The number of benzene rings is 1. The van der Waals surface area contributed by atoms with Gasteiger partial charge in [0.15, 0.2) is 0 Å². The Morgan fingerprint density at radius 3 is 2.00 bits per heavy atom. The summed E-state index contributed by atoms with van der Waals surface area (Å²) in [6.45, 7) is 9.63. The van der Waals surface area contributed by atoms with Gasteiger partial charge in [0.25, 0.3) is 0 Å². The molecule has 92 valence electrons. The first-order valence-electron chi connectivity index (χ1n) is 6.40. The van der Waals surface area contributed by atoms with E-state index in [1.54, 1.807) is 5.57 Å². The monoisotopic (exact) mass is 246 g/mol. The Balaban J connectivity index is 2.24. The molecule has 1 heterocycles. The van der Waals surface area contributed by atoms with Crippen molar-refractivity contribution in [3.63, 3.8) is 0 Å². The lowest BCUT2D eigenvalue weighted by atomic mass is 9.91. The van der Waals surface area contributed by atoms with E-state index in [0.29, 0.717) is 10.3 Å². The topological polar surface area (TPSA) is 0 Å². The first-order valence-corrected chi connectivity index (χ1v) is 7.40. The third-order valence-corrected chi connectivity index (χ3v) is 4.89. The van der Waals surface area contributed by atoms with Crippen molar-refractivity contribution in [1.29, 1.82) is 0 Å². The normalized spacial score (nSPS) is 23.6. The molecule has 1 aromatic carbocycles. The van der Waals surface area contributed by atoms with Gasteiger partial charge in [0, 0.05) is 0 Å². The highest BCUT2D eigenvalue weighted by atomic mass is 31.1. The molecule has 0 N–H and O–H groups in total. The highest BCUT2D eigenvalue weighted by Gasteiger charge is 2.35. The van der Waals surface area contributed by atoms with Gasteiger partial charge in [-0.2, -0.15) is 0 Å². The second kappa shape index (κ2) is 4.58. The molecular formula is C16H23P. The van der Waals surface area contributed by atoms with E-state index in [1.165, 1.54) is 18.4 Å². The Bertz CT molecular complexity index is 394. The molecule has 0 aromatic heterocycles. The van der Waals surface area contributed by atoms with Gasteiger partial charge in [0.05, 0.1) is 0 Å². The van der Waals surface area contributed by atoms with Gasteiger partial charge < -0.3 is 0 Å². The van der Waals surface area contributed by atoms with Crippen molar-refractivity contribution in [3.05, 3.63) is 41.5 Å². The maximum absolute atomic E-state index is 2.41. The average molecular weight is 246 g/mol. The van der Waals surface area contributed by atoms with Gasteiger partial charge in [-0.05, 0) is 28.7 Å². The van der Waals surface area contributed by atoms with Crippen LogP contribution < -0.4 is 0 Å². The summed E-state index contributed by atoms with van der Waals surface area (Å²) in [4.78, 5) is 0. The number of allylic oxidation sites excluding steroid dienone is 1. The zero-order valence-corrected chi connectivity index (χ0v) is 12.4. The van der Waals surface area contributed by atoms with Gasteiger partial charge >= 0.3 is 0 Å². The molecule has 1 aliphatic heterocycles. The van der Waals surface area contributed by atoms with Crippen LogP contribution in [0.1, 0.15) is 46.1 Å². The van der Waals surface area contributed by atoms with Crippen LogP contribution in [-0.2, 0) is 0 Å². The van der Waals surface area contributed by atoms with Crippen molar-refractivity contribution in [1.82, 2.24) is 0 Å². The lowest BCUT2D eigenvalue weighted by molar-refractivity contribution is 0.567. The second-order valence-electron chi connectivity index (χ2n) is 6.46. The molecule has 0 unspecified atom stereocenters. The zero-order chi connectivity index (χ0) is 12.5. The minimum Gasteiger partial charge on any atom is -0.110 e. The summed E-state index contributed by atoms with van der Waals surface area (Å²) in [5.41, 5.74) is 2.96. The first-order chi connectivity index (χ1) is 7.86. The molecule has 0 bridgehead atoms. The largest absolute Gasteiger partial charge is 0.110 e. The smallest absolute Gasteiger partial charge is 0.0136 e. The van der Waals surface area contributed by atoms with Gasteiger partial charge in [0.2, 0.25) is 0 Å². The molecule has 0 nitrogen and oxygen atoms in total. The van der Waals surface area contributed by atoms with Gasteiger partial charge in [-0.15, -0.1) is 8.58 Å². The van der Waals surface area contributed by atoms with Crippen molar-refractivity contribution in [2.45, 2.75) is 50.8 Å². The molecular weight excluding hydrogens is 223 g/mol. The van der Waals surface area contributed by atoms with Gasteiger partial charge in [-0.1, -0.05) is 69.7 Å². The fourth-order valence-corrected chi connectivity index (χ4v) is 5.55. The molecule has 0 radical (unpaired) electrons. The molecule has 1 aromatic rings. The van der Waals surface area contributed by atoms with Crippen LogP contribution in [0.3, 0.4) is 0 Å². The highest BCUT2D eigenvalue weighted by molar-refractivity contribution is 7.42. The summed E-state index contributed by atoms with van der Waals surface area (Å²) in [6.07, 6.45) is 4.90. The fourth-order valence-electron chi connectivity index (χ4n) is 3.09. The predicted octanol–water partition coefficient (Wildman–Crippen LogP) is 5.10. The Hall–Kier alpha value is -0.610. The predicted molar refractivity (Wildman–Crippen MR) is 80.1 cm³/mol. The molecule has 1 fully saturated rings. The Labute approximate surface area is 107 Å². The molecule has 17 heavy (non-hydrogen) atoms. The third kappa shape index (κ3) is 3.68. The van der Waals surface area contributed by atoms with E-state index in [9.17, 15) is 0 Å². The highest BCUT2D eigenvalue weighted by Crippen LogP contribution is 2.54. The zero-order valence-electron chi connectivity index (χ0n) is 11.4. The van der Waals surface area contributed by atoms with Crippen LogP contribution >= 0.6 is 8.58 Å². The maximum atomic E-state index is 2.41. The molecule has 0 atom stereocenters. The first kappa shape index (κ1) is 12.8. The SMILES string of the molecule is CC1(C)CC(=Cc2ccccc2)CC(C)(C)P1. The molecule has 2 rings (SSSR count). The summed E-state index contributed by atoms with van der Waals surface area (Å²) in [5.74, 6) is 0. The summed E-state index contributed by atoms with van der Waals surface area (Å²) < 4.78 is 0. The minimum absolute atomic E-state index is 0.475. The van der Waals surface area contributed by atoms with E-state index in [1.807, 2.05) is 0 Å². The van der Waals surface area contributed by atoms with Crippen LogP contribution in [0.15, 0.2) is 35.9 Å². The van der Waals surface area contributed by atoms with Crippen molar-refractivity contribution >= 4 is 14.7 Å². The van der Waals surface area contributed by atoms with Crippen molar-refractivity contribution < 1.29 is 0 Å². The molecule has 0 saturated carbocycles. The van der Waals surface area contributed by atoms with Crippen molar-refractivity contribution in [3.8, 4) is 0 Å². The van der Waals surface area contributed by atoms with E-state index < -0.39 is 0 Å². The maximum Gasteiger partial charge on any atom is -0.0136 e. The van der Waals surface area contributed by atoms with Crippen LogP contribution in [0.25, 0.3) is 6.08 Å². The van der Waals surface area contributed by atoms with Crippen molar-refractivity contribution in [2.75, 3.05) is 0 Å². The van der Waals surface area contributed by atoms with Gasteiger partial charge in [-0.3, -0.25) is 0 Å². The quantitative estimate of drug-likeness (QED) is 0.605. The van der Waals surface area contributed by atoms with Crippen LogP contribution in [0.5, 0.6) is 0 Å². The Morgan fingerprint density at radius 2 is 1.47 bits per heavy atom. The van der Waals surface area contributed by atoms with E-state index in [4.69, 9.17) is 0 Å². The van der Waals surface area contributed by atoms with Crippen molar-refractivity contribution in [2.24, 2.45) is 0 Å². The van der Waals surface area contributed by atoms with Crippen LogP contribution in [-0.4, -0.2) is 10.3 Å². The van der Waals surface area contributed by atoms with Gasteiger partial charge in [0.1, 0.15) is 0 Å².